The number of ether oxygens (including phenoxy) is 1. The van der Waals surface area contributed by atoms with Crippen LogP contribution in [0.5, 0.6) is 5.75 Å². The summed E-state index contributed by atoms with van der Waals surface area (Å²) in [6.45, 7) is 0.797. The van der Waals surface area contributed by atoms with Gasteiger partial charge in [0.05, 0.1) is 12.8 Å². The van der Waals surface area contributed by atoms with Crippen LogP contribution in [0.3, 0.4) is 0 Å². The highest BCUT2D eigenvalue weighted by atomic mass is 32.1. The lowest BCUT2D eigenvalue weighted by Crippen LogP contribution is -2.35. The molecule has 0 atom stereocenters. The second-order valence-electron chi connectivity index (χ2n) is 5.55. The predicted octanol–water partition coefficient (Wildman–Crippen LogP) is 4.06. The molecule has 0 N–H and O–H groups in total. The van der Waals surface area contributed by atoms with Crippen molar-refractivity contribution in [3.63, 3.8) is 0 Å². The summed E-state index contributed by atoms with van der Waals surface area (Å²) in [6, 6.07) is 10.2. The smallest absolute Gasteiger partial charge is 0.227 e. The Bertz CT molecular complexity index is 622. The minimum Gasteiger partial charge on any atom is -0.495 e. The number of benzene rings is 1. The van der Waals surface area contributed by atoms with E-state index in [1.807, 2.05) is 17.0 Å². The van der Waals surface area contributed by atoms with Gasteiger partial charge >= 0.3 is 0 Å². The molecule has 0 fully saturated rings. The van der Waals surface area contributed by atoms with E-state index < -0.39 is 0 Å². The molecule has 1 aliphatic rings. The number of aryl methyl sites for hydroxylation is 2. The van der Waals surface area contributed by atoms with Crippen LogP contribution in [0.25, 0.3) is 0 Å². The maximum absolute atomic E-state index is 12.6. The fourth-order valence-electron chi connectivity index (χ4n) is 3.03. The van der Waals surface area contributed by atoms with Crippen LogP contribution in [0.2, 0.25) is 0 Å². The standard InChI is InChI=1S/C18H21NO2S/c1-21-16-10-2-6-14-7-4-12-19(18(14)16)17(20)11-3-8-15-9-5-13-22-15/h2,5-6,9-10,13H,3-4,7-8,11-12H2,1H3. The molecular formula is C18H21NO2S. The Morgan fingerprint density at radius 2 is 2.23 bits per heavy atom. The number of anilines is 1. The van der Waals surface area contributed by atoms with E-state index in [0.717, 1.165) is 43.7 Å². The number of methoxy groups -OCH3 is 1. The van der Waals surface area contributed by atoms with E-state index in [2.05, 4.69) is 23.6 Å². The maximum Gasteiger partial charge on any atom is 0.227 e. The summed E-state index contributed by atoms with van der Waals surface area (Å²) in [5.74, 6) is 1.02. The van der Waals surface area contributed by atoms with Crippen molar-refractivity contribution in [1.29, 1.82) is 0 Å². The molecule has 0 unspecified atom stereocenters. The summed E-state index contributed by atoms with van der Waals surface area (Å²) >= 11 is 1.76. The van der Waals surface area contributed by atoms with E-state index in [9.17, 15) is 4.79 Å². The molecule has 2 heterocycles. The molecule has 1 aliphatic heterocycles. The number of nitrogens with zero attached hydrogens (tertiary/aromatic N) is 1. The van der Waals surface area contributed by atoms with Gasteiger partial charge in [0.1, 0.15) is 5.75 Å². The molecule has 1 aromatic carbocycles. The number of rotatable bonds is 5. The summed E-state index contributed by atoms with van der Waals surface area (Å²) in [6.07, 6.45) is 4.52. The fourth-order valence-corrected chi connectivity index (χ4v) is 3.78. The second kappa shape index (κ2) is 6.97. The molecule has 0 aliphatic carbocycles. The quantitative estimate of drug-likeness (QED) is 0.833. The highest BCUT2D eigenvalue weighted by Gasteiger charge is 2.25. The molecule has 0 bridgehead atoms. The Kier molecular flexibility index (Phi) is 4.78. The average Bonchev–Trinajstić information content (AvgIpc) is 3.07. The Morgan fingerprint density at radius 3 is 3.00 bits per heavy atom. The normalized spacial score (nSPS) is 13.8. The molecule has 116 valence electrons. The zero-order chi connectivity index (χ0) is 15.4. The highest BCUT2D eigenvalue weighted by Crippen LogP contribution is 2.36. The van der Waals surface area contributed by atoms with Gasteiger partial charge in [-0.1, -0.05) is 18.2 Å². The van der Waals surface area contributed by atoms with Crippen molar-refractivity contribution in [1.82, 2.24) is 0 Å². The van der Waals surface area contributed by atoms with E-state index in [-0.39, 0.29) is 5.91 Å². The van der Waals surface area contributed by atoms with E-state index >= 15 is 0 Å². The number of carbonyl (C=O) groups excluding carboxylic acids is 1. The van der Waals surface area contributed by atoms with Crippen molar-refractivity contribution in [2.45, 2.75) is 32.1 Å². The third-order valence-electron chi connectivity index (χ3n) is 4.10. The van der Waals surface area contributed by atoms with Crippen molar-refractivity contribution in [2.75, 3.05) is 18.6 Å². The van der Waals surface area contributed by atoms with E-state index in [0.29, 0.717) is 6.42 Å². The number of amides is 1. The average molecular weight is 315 g/mol. The molecule has 0 saturated heterocycles. The highest BCUT2D eigenvalue weighted by molar-refractivity contribution is 7.09. The lowest BCUT2D eigenvalue weighted by molar-refractivity contribution is -0.118. The maximum atomic E-state index is 12.6. The third kappa shape index (κ3) is 3.17. The van der Waals surface area contributed by atoms with Gasteiger partial charge in [-0.2, -0.15) is 0 Å². The monoisotopic (exact) mass is 315 g/mol. The summed E-state index contributed by atoms with van der Waals surface area (Å²) < 4.78 is 5.46. The van der Waals surface area contributed by atoms with E-state index in [4.69, 9.17) is 4.74 Å². The molecule has 1 aromatic heterocycles. The van der Waals surface area contributed by atoms with E-state index in [1.54, 1.807) is 18.4 Å². The van der Waals surface area contributed by atoms with Crippen molar-refractivity contribution in [3.8, 4) is 5.75 Å². The van der Waals surface area contributed by atoms with Crippen LogP contribution >= 0.6 is 11.3 Å². The van der Waals surface area contributed by atoms with Gasteiger partial charge in [0.2, 0.25) is 5.91 Å². The van der Waals surface area contributed by atoms with Crippen LogP contribution in [0.1, 0.15) is 29.7 Å². The van der Waals surface area contributed by atoms with E-state index in [1.165, 1.54) is 10.4 Å². The lowest BCUT2D eigenvalue weighted by Gasteiger charge is -2.31. The van der Waals surface area contributed by atoms with Crippen LogP contribution in [0.15, 0.2) is 35.7 Å². The van der Waals surface area contributed by atoms with Gasteiger partial charge in [0.25, 0.3) is 0 Å². The number of fused-ring (bicyclic) bond motifs is 1. The SMILES string of the molecule is COc1cccc2c1N(C(=O)CCCc1cccs1)CCC2. The summed E-state index contributed by atoms with van der Waals surface area (Å²) in [5, 5.41) is 2.09. The Labute approximate surface area is 135 Å². The molecule has 1 amide bonds. The van der Waals surface area contributed by atoms with Gasteiger partial charge in [0, 0.05) is 17.8 Å². The Morgan fingerprint density at radius 1 is 1.32 bits per heavy atom. The van der Waals surface area contributed by atoms with Crippen LogP contribution in [-0.2, 0) is 17.6 Å². The molecule has 22 heavy (non-hydrogen) atoms. The lowest BCUT2D eigenvalue weighted by atomic mass is 10.00. The Hall–Kier alpha value is -1.81. The zero-order valence-corrected chi connectivity index (χ0v) is 13.7. The van der Waals surface area contributed by atoms with Gasteiger partial charge in [0.15, 0.2) is 0 Å². The summed E-state index contributed by atoms with van der Waals surface area (Å²) in [5.41, 5.74) is 2.20. The topological polar surface area (TPSA) is 29.5 Å². The minimum atomic E-state index is 0.210. The number of thiophene rings is 1. The first-order valence-corrected chi connectivity index (χ1v) is 8.66. The Balaban J connectivity index is 1.69. The van der Waals surface area contributed by atoms with Gasteiger partial charge in [-0.05, 0) is 48.8 Å². The second-order valence-corrected chi connectivity index (χ2v) is 6.58. The number of para-hydroxylation sites is 1. The molecule has 0 spiro atoms. The molecule has 3 nitrogen and oxygen atoms in total. The van der Waals surface area contributed by atoms with Crippen molar-refractivity contribution >= 4 is 22.9 Å². The summed E-state index contributed by atoms with van der Waals surface area (Å²) in [7, 11) is 1.67. The number of hydrogen-bond acceptors (Lipinski definition) is 3. The first-order chi connectivity index (χ1) is 10.8. The fraction of sp³-hybridized carbons (Fsp3) is 0.389. The van der Waals surface area contributed by atoms with Crippen LogP contribution < -0.4 is 9.64 Å². The molecule has 3 rings (SSSR count). The molecule has 0 saturated carbocycles. The van der Waals surface area contributed by atoms with Crippen molar-refractivity contribution in [3.05, 3.63) is 46.2 Å². The predicted molar refractivity (Wildman–Crippen MR) is 90.9 cm³/mol. The first kappa shape index (κ1) is 15.1. The van der Waals surface area contributed by atoms with Crippen LogP contribution in [0.4, 0.5) is 5.69 Å². The largest absolute Gasteiger partial charge is 0.495 e. The first-order valence-electron chi connectivity index (χ1n) is 7.78. The van der Waals surface area contributed by atoms with Gasteiger partial charge in [-0.15, -0.1) is 11.3 Å². The molecular weight excluding hydrogens is 294 g/mol. The van der Waals surface area contributed by atoms with Crippen LogP contribution in [-0.4, -0.2) is 19.6 Å². The van der Waals surface area contributed by atoms with Crippen molar-refractivity contribution in [2.24, 2.45) is 0 Å². The summed E-state index contributed by atoms with van der Waals surface area (Å²) in [4.78, 5) is 15.9. The van der Waals surface area contributed by atoms with Gasteiger partial charge < -0.3 is 9.64 Å². The molecule has 2 aromatic rings. The molecule has 0 radical (unpaired) electrons. The number of carbonyl (C=O) groups is 1. The van der Waals surface area contributed by atoms with Crippen molar-refractivity contribution < 1.29 is 9.53 Å². The van der Waals surface area contributed by atoms with Gasteiger partial charge in [-0.25, -0.2) is 0 Å². The van der Waals surface area contributed by atoms with Crippen LogP contribution in [0, 0.1) is 0 Å². The third-order valence-corrected chi connectivity index (χ3v) is 5.03. The molecule has 4 heteroatoms. The zero-order valence-electron chi connectivity index (χ0n) is 12.9. The number of hydrogen-bond donors (Lipinski definition) is 0. The minimum absolute atomic E-state index is 0.210. The van der Waals surface area contributed by atoms with Gasteiger partial charge in [-0.3, -0.25) is 4.79 Å².